The average Bonchev–Trinajstić information content (AvgIpc) is 2.38. The Kier molecular flexibility index (Phi) is 21.6. The van der Waals surface area contributed by atoms with Crippen LogP contribution in [0.15, 0.2) is 35.5 Å². The first-order valence-corrected chi connectivity index (χ1v) is 5.88. The molecule has 0 heterocycles. The molecule has 3 heteroatoms. The van der Waals surface area contributed by atoms with Gasteiger partial charge in [-0.3, -0.25) is 4.79 Å². The minimum absolute atomic E-state index is 0.737. The predicted molar refractivity (Wildman–Crippen MR) is 77.5 cm³/mol. The molecule has 0 aromatic rings. The molecule has 0 saturated carbocycles. The van der Waals surface area contributed by atoms with Crippen molar-refractivity contribution in [2.75, 3.05) is 7.11 Å². The highest BCUT2D eigenvalue weighted by molar-refractivity contribution is 5.80. The highest BCUT2D eigenvalue weighted by atomic mass is 16.2. The van der Waals surface area contributed by atoms with E-state index >= 15 is 0 Å². The first-order valence-electron chi connectivity index (χ1n) is 5.88. The van der Waals surface area contributed by atoms with E-state index in [-0.39, 0.29) is 0 Å². The number of carbonyl (C=O) groups is 2. The van der Waals surface area contributed by atoms with Crippen molar-refractivity contribution in [3.05, 3.63) is 35.5 Å². The van der Waals surface area contributed by atoms with E-state index in [2.05, 4.69) is 20.4 Å². The zero-order valence-electron chi connectivity index (χ0n) is 12.2. The van der Waals surface area contributed by atoms with Crippen LogP contribution in [0.1, 0.15) is 40.5 Å². The highest BCUT2D eigenvalue weighted by Crippen LogP contribution is 2.16. The maximum atomic E-state index is 10.7. The summed E-state index contributed by atoms with van der Waals surface area (Å²) < 4.78 is 0. The van der Waals surface area contributed by atoms with Gasteiger partial charge in [0.25, 0.3) is 0 Å². The topological polar surface area (TPSA) is 54.4 Å². The van der Waals surface area contributed by atoms with Crippen LogP contribution < -0.4 is 0 Å². The summed E-state index contributed by atoms with van der Waals surface area (Å²) in [7, 11) is 1.00. The Morgan fingerprint density at radius 2 is 1.67 bits per heavy atom. The molecule has 0 spiro atoms. The fourth-order valence-corrected chi connectivity index (χ4v) is 1.19. The molecule has 18 heavy (non-hydrogen) atoms. The van der Waals surface area contributed by atoms with Crippen LogP contribution in [-0.2, 0) is 9.59 Å². The lowest BCUT2D eigenvalue weighted by Gasteiger charge is -2.05. The second-order valence-electron chi connectivity index (χ2n) is 3.37. The molecule has 0 fully saturated rings. The molecule has 0 radical (unpaired) electrons. The first kappa shape index (κ1) is 21.8. The molecule has 0 amide bonds. The summed E-state index contributed by atoms with van der Waals surface area (Å²) in [6, 6.07) is 0. The maximum absolute atomic E-state index is 10.7. The van der Waals surface area contributed by atoms with E-state index in [0.29, 0.717) is 0 Å². The third-order valence-electron chi connectivity index (χ3n) is 2.12. The molecule has 0 aromatic heterocycles. The summed E-state index contributed by atoms with van der Waals surface area (Å²) >= 11 is 0. The van der Waals surface area contributed by atoms with E-state index in [1.54, 1.807) is 12.2 Å². The van der Waals surface area contributed by atoms with E-state index in [0.717, 1.165) is 43.7 Å². The molecule has 0 unspecified atom stereocenters. The van der Waals surface area contributed by atoms with Crippen molar-refractivity contribution in [3.8, 4) is 0 Å². The summed E-state index contributed by atoms with van der Waals surface area (Å²) in [6.45, 7) is 11.2. The normalized spacial score (nSPS) is 10.9. The van der Waals surface area contributed by atoms with Gasteiger partial charge in [0, 0.05) is 12.7 Å². The Bertz CT molecular complexity index is 286. The third kappa shape index (κ3) is 12.6. The fourth-order valence-electron chi connectivity index (χ4n) is 1.19. The quantitative estimate of drug-likeness (QED) is 0.465. The molecule has 0 aliphatic heterocycles. The molecular formula is C15H26O3. The van der Waals surface area contributed by atoms with Crippen LogP contribution in [0.4, 0.5) is 0 Å². The van der Waals surface area contributed by atoms with Crippen LogP contribution in [0.2, 0.25) is 0 Å². The van der Waals surface area contributed by atoms with Crippen molar-refractivity contribution < 1.29 is 14.7 Å². The number of aliphatic hydroxyl groups excluding tert-OH is 1. The zero-order valence-corrected chi connectivity index (χ0v) is 12.2. The van der Waals surface area contributed by atoms with Gasteiger partial charge >= 0.3 is 0 Å². The summed E-state index contributed by atoms with van der Waals surface area (Å²) in [5.41, 5.74) is 3.10. The van der Waals surface area contributed by atoms with Gasteiger partial charge in [-0.1, -0.05) is 37.6 Å². The monoisotopic (exact) mass is 254 g/mol. The standard InChI is InChI=1S/C12H18O.C2H4O.CH4O/c1-5-7-10(3)11(4)12(9-13)8-6-2;1-2-3;1-2/h6,8-9H,2,5,7H2,1,3-4H3;2H,1H3;2H,1H3/b11-10+,12-8-;;. The molecule has 0 aliphatic rings. The van der Waals surface area contributed by atoms with Gasteiger partial charge in [-0.05, 0) is 32.8 Å². The summed E-state index contributed by atoms with van der Waals surface area (Å²) in [4.78, 5) is 19.5. The van der Waals surface area contributed by atoms with Crippen molar-refractivity contribution in [1.29, 1.82) is 0 Å². The van der Waals surface area contributed by atoms with Crippen LogP contribution in [0.3, 0.4) is 0 Å². The van der Waals surface area contributed by atoms with Crippen LogP contribution in [0, 0.1) is 0 Å². The predicted octanol–water partition coefficient (Wildman–Crippen LogP) is 3.25. The molecule has 3 nitrogen and oxygen atoms in total. The van der Waals surface area contributed by atoms with E-state index in [1.165, 1.54) is 12.5 Å². The molecule has 0 aromatic carbocycles. The Labute approximate surface area is 111 Å². The van der Waals surface area contributed by atoms with Crippen LogP contribution in [0.5, 0.6) is 0 Å². The van der Waals surface area contributed by atoms with E-state index in [4.69, 9.17) is 9.90 Å². The van der Waals surface area contributed by atoms with Crippen molar-refractivity contribution in [2.45, 2.75) is 40.5 Å². The molecule has 0 rings (SSSR count). The van der Waals surface area contributed by atoms with Crippen molar-refractivity contribution in [1.82, 2.24) is 0 Å². The SMILES string of the molecule is C=C/C=C(C=O)\C(C)=C(/C)CCC.CC=O.CO. The van der Waals surface area contributed by atoms with Gasteiger partial charge in [-0.2, -0.15) is 0 Å². The second kappa shape index (κ2) is 17.9. The molecule has 104 valence electrons. The molecule has 0 bridgehead atoms. The highest BCUT2D eigenvalue weighted by Gasteiger charge is 2.00. The lowest BCUT2D eigenvalue weighted by atomic mass is 10.00. The summed E-state index contributed by atoms with van der Waals surface area (Å²) in [5, 5.41) is 7.00. The number of allylic oxidation sites excluding steroid dienone is 5. The minimum Gasteiger partial charge on any atom is -0.400 e. The van der Waals surface area contributed by atoms with Gasteiger partial charge in [0.15, 0.2) is 0 Å². The first-order chi connectivity index (χ1) is 8.58. The lowest BCUT2D eigenvalue weighted by Crippen LogP contribution is -1.91. The van der Waals surface area contributed by atoms with E-state index in [1.807, 2.05) is 6.92 Å². The molecule has 1 N–H and O–H groups in total. The Hall–Kier alpha value is -1.48. The number of carbonyl (C=O) groups excluding carboxylic acids is 2. The number of rotatable bonds is 5. The smallest absolute Gasteiger partial charge is 0.150 e. The van der Waals surface area contributed by atoms with Crippen molar-refractivity contribution >= 4 is 12.6 Å². The second-order valence-corrected chi connectivity index (χ2v) is 3.37. The average molecular weight is 254 g/mol. The summed E-state index contributed by atoms with van der Waals surface area (Å²) in [6.07, 6.45) is 7.20. The lowest BCUT2D eigenvalue weighted by molar-refractivity contribution is -0.106. The number of hydrogen-bond donors (Lipinski definition) is 1. The van der Waals surface area contributed by atoms with Crippen LogP contribution in [0.25, 0.3) is 0 Å². The Morgan fingerprint density at radius 3 is 1.94 bits per heavy atom. The van der Waals surface area contributed by atoms with Crippen molar-refractivity contribution in [2.24, 2.45) is 0 Å². The largest absolute Gasteiger partial charge is 0.400 e. The number of hydrogen-bond acceptors (Lipinski definition) is 3. The molecule has 0 saturated heterocycles. The summed E-state index contributed by atoms with van der Waals surface area (Å²) in [5.74, 6) is 0. The van der Waals surface area contributed by atoms with Crippen LogP contribution >= 0.6 is 0 Å². The zero-order chi connectivity index (χ0) is 15.0. The van der Waals surface area contributed by atoms with Crippen LogP contribution in [-0.4, -0.2) is 24.8 Å². The maximum Gasteiger partial charge on any atom is 0.150 e. The van der Waals surface area contributed by atoms with Gasteiger partial charge in [0.2, 0.25) is 0 Å². The number of aldehydes is 2. The van der Waals surface area contributed by atoms with Crippen molar-refractivity contribution in [3.63, 3.8) is 0 Å². The third-order valence-corrected chi connectivity index (χ3v) is 2.12. The molecular weight excluding hydrogens is 228 g/mol. The minimum atomic E-state index is 0.737. The molecule has 0 atom stereocenters. The number of aliphatic hydroxyl groups is 1. The van der Waals surface area contributed by atoms with Gasteiger partial charge in [-0.15, -0.1) is 0 Å². The van der Waals surface area contributed by atoms with Gasteiger partial charge in [0.05, 0.1) is 0 Å². The Morgan fingerprint density at radius 1 is 1.22 bits per heavy atom. The van der Waals surface area contributed by atoms with E-state index < -0.39 is 0 Å². The fraction of sp³-hybridized carbons (Fsp3) is 0.467. The Balaban J connectivity index is -0.000000389. The molecule has 0 aliphatic carbocycles. The van der Waals surface area contributed by atoms with Gasteiger partial charge < -0.3 is 9.90 Å². The van der Waals surface area contributed by atoms with E-state index in [9.17, 15) is 4.79 Å². The van der Waals surface area contributed by atoms with Gasteiger partial charge in [0.1, 0.15) is 12.6 Å². The van der Waals surface area contributed by atoms with Gasteiger partial charge in [-0.25, -0.2) is 0 Å².